The normalized spacial score (nSPS) is 10.2. The lowest BCUT2D eigenvalue weighted by atomic mass is 10.1. The van der Waals surface area contributed by atoms with E-state index in [9.17, 15) is 4.79 Å². The molecule has 4 heteroatoms. The number of hydrogen-bond donors (Lipinski definition) is 1. The molecule has 0 aliphatic rings. The highest BCUT2D eigenvalue weighted by Crippen LogP contribution is 2.11. The summed E-state index contributed by atoms with van der Waals surface area (Å²) in [4.78, 5) is 10.8. The molecule has 0 aliphatic heterocycles. The zero-order valence-electron chi connectivity index (χ0n) is 6.77. The largest absolute Gasteiger partial charge is 0.366 e. The lowest BCUT2D eigenvalue weighted by molar-refractivity contribution is 0.100. The van der Waals surface area contributed by atoms with E-state index in [1.54, 1.807) is 24.4 Å². The molecule has 0 unspecified atom stereocenters. The zero-order valence-corrected chi connectivity index (χ0v) is 6.77. The van der Waals surface area contributed by atoms with Crippen molar-refractivity contribution in [3.05, 3.63) is 36.0 Å². The summed E-state index contributed by atoms with van der Waals surface area (Å²) in [7, 11) is 0. The van der Waals surface area contributed by atoms with Crippen LogP contribution in [0.1, 0.15) is 10.4 Å². The van der Waals surface area contributed by atoms with Crippen molar-refractivity contribution in [2.24, 2.45) is 5.73 Å². The van der Waals surface area contributed by atoms with Crippen LogP contribution in [-0.4, -0.2) is 16.1 Å². The molecule has 1 aromatic carbocycles. The highest BCUT2D eigenvalue weighted by atomic mass is 16.1. The van der Waals surface area contributed by atoms with Crippen LogP contribution in [0.5, 0.6) is 0 Å². The summed E-state index contributed by atoms with van der Waals surface area (Å²) in [5, 5.41) is 8.52. The summed E-state index contributed by atoms with van der Waals surface area (Å²) < 4.78 is 0. The molecule has 0 bridgehead atoms. The molecule has 0 radical (unpaired) electrons. The average molecular weight is 173 g/mol. The molecule has 2 N–H and O–H groups in total. The number of aromatic nitrogens is 2. The fourth-order valence-corrected chi connectivity index (χ4v) is 1.13. The van der Waals surface area contributed by atoms with Crippen LogP contribution >= 0.6 is 0 Å². The third-order valence-corrected chi connectivity index (χ3v) is 1.80. The zero-order chi connectivity index (χ0) is 9.26. The van der Waals surface area contributed by atoms with Gasteiger partial charge in [0.2, 0.25) is 5.91 Å². The predicted octanol–water partition coefficient (Wildman–Crippen LogP) is 0.729. The van der Waals surface area contributed by atoms with Gasteiger partial charge in [0.25, 0.3) is 0 Å². The lowest BCUT2D eigenvalue weighted by Gasteiger charge is -1.97. The average Bonchev–Trinajstić information content (AvgIpc) is 2.17. The van der Waals surface area contributed by atoms with Crippen LogP contribution in [0.3, 0.4) is 0 Å². The number of fused-ring (bicyclic) bond motifs is 1. The second kappa shape index (κ2) is 2.82. The van der Waals surface area contributed by atoms with Crippen molar-refractivity contribution in [2.45, 2.75) is 0 Å². The van der Waals surface area contributed by atoms with Gasteiger partial charge in [0.1, 0.15) is 0 Å². The van der Waals surface area contributed by atoms with Crippen molar-refractivity contribution < 1.29 is 4.79 Å². The van der Waals surface area contributed by atoms with Crippen molar-refractivity contribution in [1.29, 1.82) is 0 Å². The Balaban J connectivity index is 2.69. The van der Waals surface area contributed by atoms with Gasteiger partial charge in [-0.25, -0.2) is 0 Å². The van der Waals surface area contributed by atoms with E-state index in [0.717, 1.165) is 5.39 Å². The molecular weight excluding hydrogens is 166 g/mol. The minimum Gasteiger partial charge on any atom is -0.366 e. The van der Waals surface area contributed by atoms with Gasteiger partial charge in [-0.2, -0.15) is 10.2 Å². The Kier molecular flexibility index (Phi) is 1.66. The Hall–Kier alpha value is -1.97. The van der Waals surface area contributed by atoms with Gasteiger partial charge in [0.15, 0.2) is 0 Å². The molecule has 64 valence electrons. The summed E-state index contributed by atoms with van der Waals surface area (Å²) >= 11 is 0. The second-order valence-electron chi connectivity index (χ2n) is 2.67. The van der Waals surface area contributed by atoms with E-state index >= 15 is 0 Å². The first-order valence-corrected chi connectivity index (χ1v) is 3.78. The van der Waals surface area contributed by atoms with Crippen molar-refractivity contribution in [3.8, 4) is 0 Å². The quantitative estimate of drug-likeness (QED) is 0.691. The number of benzene rings is 1. The molecule has 1 heterocycles. The molecule has 0 saturated carbocycles. The second-order valence-corrected chi connectivity index (χ2v) is 2.67. The van der Waals surface area contributed by atoms with Crippen LogP contribution in [0.2, 0.25) is 0 Å². The van der Waals surface area contributed by atoms with Crippen molar-refractivity contribution in [3.63, 3.8) is 0 Å². The summed E-state index contributed by atoms with van der Waals surface area (Å²) in [5.41, 5.74) is 6.25. The number of carbonyl (C=O) groups excluding carboxylic acids is 1. The van der Waals surface area contributed by atoms with Crippen molar-refractivity contribution >= 4 is 16.8 Å². The van der Waals surface area contributed by atoms with E-state index in [2.05, 4.69) is 10.2 Å². The van der Waals surface area contributed by atoms with E-state index in [4.69, 9.17) is 5.73 Å². The van der Waals surface area contributed by atoms with Crippen LogP contribution < -0.4 is 5.73 Å². The predicted molar refractivity (Wildman–Crippen MR) is 48.1 cm³/mol. The van der Waals surface area contributed by atoms with Gasteiger partial charge in [-0.3, -0.25) is 4.79 Å². The number of nitrogens with zero attached hydrogens (tertiary/aromatic N) is 2. The summed E-state index contributed by atoms with van der Waals surface area (Å²) in [6, 6.07) is 6.92. The molecule has 2 aromatic rings. The van der Waals surface area contributed by atoms with Gasteiger partial charge < -0.3 is 5.73 Å². The van der Waals surface area contributed by atoms with E-state index in [0.29, 0.717) is 11.1 Å². The highest BCUT2D eigenvalue weighted by Gasteiger charge is 2.01. The highest BCUT2D eigenvalue weighted by molar-refractivity contribution is 5.96. The molecule has 0 saturated heterocycles. The number of amides is 1. The Morgan fingerprint density at radius 2 is 2.15 bits per heavy atom. The van der Waals surface area contributed by atoms with Crippen LogP contribution in [0.15, 0.2) is 30.5 Å². The Morgan fingerprint density at radius 3 is 2.92 bits per heavy atom. The molecule has 1 aromatic heterocycles. The smallest absolute Gasteiger partial charge is 0.248 e. The Bertz CT molecular complexity index is 467. The summed E-state index contributed by atoms with van der Waals surface area (Å²) in [5.74, 6) is -0.451. The topological polar surface area (TPSA) is 68.9 Å². The summed E-state index contributed by atoms with van der Waals surface area (Å²) in [6.45, 7) is 0. The van der Waals surface area contributed by atoms with Crippen LogP contribution in [0, 0.1) is 0 Å². The van der Waals surface area contributed by atoms with E-state index in [1.807, 2.05) is 6.07 Å². The monoisotopic (exact) mass is 173 g/mol. The summed E-state index contributed by atoms with van der Waals surface area (Å²) in [6.07, 6.45) is 1.60. The van der Waals surface area contributed by atoms with Gasteiger partial charge >= 0.3 is 0 Å². The Labute approximate surface area is 74.4 Å². The molecular formula is C9H7N3O. The maximum atomic E-state index is 10.8. The fraction of sp³-hybridized carbons (Fsp3) is 0. The molecule has 2 rings (SSSR count). The van der Waals surface area contributed by atoms with Gasteiger partial charge in [0.05, 0.1) is 11.7 Å². The van der Waals surface area contributed by atoms with Gasteiger partial charge in [-0.1, -0.05) is 6.07 Å². The van der Waals surface area contributed by atoms with Crippen LogP contribution in [0.25, 0.3) is 10.9 Å². The number of carbonyl (C=O) groups is 1. The lowest BCUT2D eigenvalue weighted by Crippen LogP contribution is -2.10. The maximum absolute atomic E-state index is 10.8. The molecule has 0 spiro atoms. The first-order valence-electron chi connectivity index (χ1n) is 3.78. The minimum absolute atomic E-state index is 0.451. The molecule has 4 nitrogen and oxygen atoms in total. The van der Waals surface area contributed by atoms with Gasteiger partial charge in [0, 0.05) is 10.9 Å². The number of primary amides is 1. The van der Waals surface area contributed by atoms with Gasteiger partial charge in [-0.15, -0.1) is 0 Å². The van der Waals surface area contributed by atoms with E-state index in [-0.39, 0.29) is 0 Å². The first-order chi connectivity index (χ1) is 6.27. The Morgan fingerprint density at radius 1 is 1.31 bits per heavy atom. The van der Waals surface area contributed by atoms with E-state index in [1.165, 1.54) is 0 Å². The third-order valence-electron chi connectivity index (χ3n) is 1.80. The number of hydrogen-bond acceptors (Lipinski definition) is 3. The van der Waals surface area contributed by atoms with Crippen LogP contribution in [0.4, 0.5) is 0 Å². The molecule has 1 amide bonds. The molecule has 0 aliphatic carbocycles. The standard InChI is InChI=1S/C9H7N3O/c10-9(13)7-2-1-6-3-4-11-12-8(6)5-7/h1-5H,(H2,10,13). The van der Waals surface area contributed by atoms with Gasteiger partial charge in [-0.05, 0) is 18.2 Å². The molecule has 13 heavy (non-hydrogen) atoms. The fourth-order valence-electron chi connectivity index (χ4n) is 1.13. The van der Waals surface area contributed by atoms with E-state index < -0.39 is 5.91 Å². The molecule has 0 atom stereocenters. The molecule has 0 fully saturated rings. The SMILES string of the molecule is NC(=O)c1ccc2ccnnc2c1. The third kappa shape index (κ3) is 1.33. The van der Waals surface area contributed by atoms with Crippen LogP contribution in [-0.2, 0) is 0 Å². The number of nitrogens with two attached hydrogens (primary N) is 1. The maximum Gasteiger partial charge on any atom is 0.248 e. The van der Waals surface area contributed by atoms with Crippen molar-refractivity contribution in [1.82, 2.24) is 10.2 Å². The first kappa shape index (κ1) is 7.67. The number of rotatable bonds is 1. The minimum atomic E-state index is -0.451. The van der Waals surface area contributed by atoms with Crippen molar-refractivity contribution in [2.75, 3.05) is 0 Å².